The van der Waals surface area contributed by atoms with Crippen molar-refractivity contribution in [3.63, 3.8) is 0 Å². The lowest BCUT2D eigenvalue weighted by Gasteiger charge is -2.28. The summed E-state index contributed by atoms with van der Waals surface area (Å²) in [5.41, 5.74) is 0.913. The van der Waals surface area contributed by atoms with E-state index in [0.29, 0.717) is 25.2 Å². The molecule has 0 aromatic carbocycles. The third-order valence-corrected chi connectivity index (χ3v) is 5.63. The van der Waals surface area contributed by atoms with Gasteiger partial charge >= 0.3 is 5.97 Å². The van der Waals surface area contributed by atoms with Gasteiger partial charge in [-0.1, -0.05) is 19.9 Å². The van der Waals surface area contributed by atoms with Crippen molar-refractivity contribution < 1.29 is 15.0 Å². The van der Waals surface area contributed by atoms with Crippen LogP contribution in [0.1, 0.15) is 44.0 Å². The first-order chi connectivity index (χ1) is 14.4. The second kappa shape index (κ2) is 10.4. The van der Waals surface area contributed by atoms with Gasteiger partial charge in [0.05, 0.1) is 12.0 Å². The summed E-state index contributed by atoms with van der Waals surface area (Å²) in [6, 6.07) is 3.82. The number of carbonyl (C=O) groups is 1. The van der Waals surface area contributed by atoms with Crippen LogP contribution in [0.15, 0.2) is 18.3 Å². The maximum atomic E-state index is 11.9. The lowest BCUT2D eigenvalue weighted by atomic mass is 9.81. The molecule has 0 amide bonds. The molecule has 0 spiro atoms. The minimum absolute atomic E-state index is 0.149. The van der Waals surface area contributed by atoms with E-state index in [4.69, 9.17) is 0 Å². The van der Waals surface area contributed by atoms with E-state index < -0.39 is 11.9 Å². The van der Waals surface area contributed by atoms with Gasteiger partial charge in [0, 0.05) is 31.1 Å². The molecule has 0 saturated carbocycles. The Labute approximate surface area is 175 Å². The predicted molar refractivity (Wildman–Crippen MR) is 111 cm³/mol. The van der Waals surface area contributed by atoms with Crippen LogP contribution < -0.4 is 10.6 Å². The minimum atomic E-state index is -0.851. The molecule has 2 unspecified atom stereocenters. The molecule has 0 bridgehead atoms. The zero-order valence-corrected chi connectivity index (χ0v) is 17.5. The molecule has 10 heteroatoms. The third-order valence-electron chi connectivity index (χ3n) is 5.63. The van der Waals surface area contributed by atoms with Gasteiger partial charge < -0.3 is 20.8 Å². The molecule has 3 rings (SSSR count). The van der Waals surface area contributed by atoms with E-state index >= 15 is 0 Å². The molecule has 1 aliphatic rings. The maximum absolute atomic E-state index is 11.9. The number of anilines is 1. The number of rotatable bonds is 10. The predicted octanol–water partition coefficient (Wildman–Crippen LogP) is 1.05. The number of nitrogens with one attached hydrogen (secondary N) is 3. The quantitative estimate of drug-likeness (QED) is 0.382. The minimum Gasteiger partial charge on any atom is -0.481 e. The highest BCUT2D eigenvalue weighted by Gasteiger charge is 2.32. The second-order valence-corrected chi connectivity index (χ2v) is 8.42. The molecule has 0 radical (unpaired) electrons. The first-order valence-electron chi connectivity index (χ1n) is 10.5. The van der Waals surface area contributed by atoms with Crippen LogP contribution in [0.25, 0.3) is 0 Å². The largest absolute Gasteiger partial charge is 0.481 e. The van der Waals surface area contributed by atoms with Gasteiger partial charge in [-0.25, -0.2) is 10.1 Å². The van der Waals surface area contributed by atoms with Crippen molar-refractivity contribution in [2.45, 2.75) is 45.1 Å². The number of tetrazole rings is 1. The fraction of sp³-hybridized carbons (Fsp3) is 0.650. The Bertz CT molecular complexity index is 782. The molecule has 1 saturated heterocycles. The Hall–Kier alpha value is -2.59. The summed E-state index contributed by atoms with van der Waals surface area (Å²) in [6.07, 6.45) is 3.22. The summed E-state index contributed by atoms with van der Waals surface area (Å²) in [7, 11) is 0. The monoisotopic (exact) mass is 417 g/mol. The molecular formula is C20H31N7O3. The molecule has 30 heavy (non-hydrogen) atoms. The van der Waals surface area contributed by atoms with E-state index in [9.17, 15) is 15.0 Å². The van der Waals surface area contributed by atoms with Crippen LogP contribution in [0.3, 0.4) is 0 Å². The van der Waals surface area contributed by atoms with Gasteiger partial charge in [0.25, 0.3) is 0 Å². The normalized spacial score (nSPS) is 21.3. The number of H-pyrrole nitrogens is 1. The number of aliphatic hydroxyl groups excluding tert-OH is 1. The molecule has 1 aliphatic heterocycles. The van der Waals surface area contributed by atoms with E-state index in [-0.39, 0.29) is 23.9 Å². The molecule has 0 aliphatic carbocycles. The van der Waals surface area contributed by atoms with Crippen LogP contribution in [0.4, 0.5) is 5.82 Å². The third kappa shape index (κ3) is 5.96. The summed E-state index contributed by atoms with van der Waals surface area (Å²) in [4.78, 5) is 16.4. The van der Waals surface area contributed by atoms with Crippen LogP contribution in [0, 0.1) is 17.8 Å². The van der Waals surface area contributed by atoms with Crippen molar-refractivity contribution in [2.24, 2.45) is 17.8 Å². The lowest BCUT2D eigenvalue weighted by molar-refractivity contribution is -0.143. The fourth-order valence-electron chi connectivity index (χ4n) is 3.95. The van der Waals surface area contributed by atoms with Crippen molar-refractivity contribution in [2.75, 3.05) is 25.0 Å². The van der Waals surface area contributed by atoms with Crippen molar-refractivity contribution in [1.29, 1.82) is 0 Å². The van der Waals surface area contributed by atoms with E-state index in [2.05, 4.69) is 36.2 Å². The lowest BCUT2D eigenvalue weighted by Crippen LogP contribution is -2.43. The highest BCUT2D eigenvalue weighted by molar-refractivity contribution is 5.71. The topological polar surface area (TPSA) is 149 Å². The highest BCUT2D eigenvalue weighted by Crippen LogP contribution is 2.31. The molecule has 2 aromatic rings. The molecule has 164 valence electrons. The van der Waals surface area contributed by atoms with E-state index in [1.165, 1.54) is 0 Å². The Morgan fingerprint density at radius 1 is 1.37 bits per heavy atom. The van der Waals surface area contributed by atoms with Crippen molar-refractivity contribution in [1.82, 2.24) is 30.9 Å². The van der Waals surface area contributed by atoms with E-state index in [1.807, 2.05) is 26.0 Å². The van der Waals surface area contributed by atoms with Gasteiger partial charge in [0.1, 0.15) is 5.82 Å². The summed E-state index contributed by atoms with van der Waals surface area (Å²) in [5, 5.41) is 40.4. The van der Waals surface area contributed by atoms with Gasteiger partial charge in [0.2, 0.25) is 0 Å². The Kier molecular flexibility index (Phi) is 7.69. The number of piperidine rings is 1. The smallest absolute Gasteiger partial charge is 0.307 e. The molecular weight excluding hydrogens is 386 g/mol. The van der Waals surface area contributed by atoms with Gasteiger partial charge in [0.15, 0.2) is 5.82 Å². The second-order valence-electron chi connectivity index (χ2n) is 8.42. The van der Waals surface area contributed by atoms with Crippen molar-refractivity contribution in [3.8, 4) is 0 Å². The number of aliphatic hydroxyl groups is 1. The fourth-order valence-corrected chi connectivity index (χ4v) is 3.95. The number of pyridine rings is 1. The van der Waals surface area contributed by atoms with Crippen LogP contribution in [0.5, 0.6) is 0 Å². The number of aromatic amines is 1. The molecule has 4 atom stereocenters. The van der Waals surface area contributed by atoms with Crippen LogP contribution in [-0.4, -0.2) is 67.5 Å². The number of carboxylic acid groups (broad SMARTS) is 1. The molecule has 1 fully saturated rings. The van der Waals surface area contributed by atoms with Crippen LogP contribution in [0.2, 0.25) is 0 Å². The molecule has 2 aromatic heterocycles. The first kappa shape index (κ1) is 22.1. The summed E-state index contributed by atoms with van der Waals surface area (Å²) in [6.45, 7) is 6.29. The van der Waals surface area contributed by atoms with Gasteiger partial charge in [-0.05, 0) is 53.8 Å². The summed E-state index contributed by atoms with van der Waals surface area (Å²) in [5.74, 6) is -0.233. The SMILES string of the molecule is CC(C)C[C@H](C(=O)O)[C@H](Cc1ccc(NCC2CNCCC2O)nc1)c1nnn[nH]1. The van der Waals surface area contributed by atoms with Gasteiger partial charge in [-0.2, -0.15) is 0 Å². The number of carboxylic acids is 1. The summed E-state index contributed by atoms with van der Waals surface area (Å²) < 4.78 is 0. The van der Waals surface area contributed by atoms with Gasteiger partial charge in [-0.3, -0.25) is 4.79 Å². The standard InChI is InChI=1S/C20H31N7O3/c1-12(2)7-16(20(29)30)15(19-24-26-27-25-19)8-13-3-4-18(22-9-13)23-11-14-10-21-6-5-17(14)28/h3-4,9,12,14-17,21,28H,5-8,10-11H2,1-2H3,(H,22,23)(H,29,30)(H,24,25,26,27)/t14?,15-,16-,17?/m0/s1. The number of aliphatic carboxylic acids is 1. The Morgan fingerprint density at radius 2 is 2.20 bits per heavy atom. The highest BCUT2D eigenvalue weighted by atomic mass is 16.4. The maximum Gasteiger partial charge on any atom is 0.307 e. The zero-order chi connectivity index (χ0) is 21.5. The Morgan fingerprint density at radius 3 is 2.80 bits per heavy atom. The molecule has 10 nitrogen and oxygen atoms in total. The average Bonchev–Trinajstić information content (AvgIpc) is 3.25. The van der Waals surface area contributed by atoms with Gasteiger partial charge in [-0.15, -0.1) is 5.10 Å². The Balaban J connectivity index is 1.66. The van der Waals surface area contributed by atoms with Crippen LogP contribution >= 0.6 is 0 Å². The number of hydrogen-bond donors (Lipinski definition) is 5. The van der Waals surface area contributed by atoms with Crippen LogP contribution in [-0.2, 0) is 11.2 Å². The summed E-state index contributed by atoms with van der Waals surface area (Å²) >= 11 is 0. The molecule has 5 N–H and O–H groups in total. The average molecular weight is 418 g/mol. The first-order valence-corrected chi connectivity index (χ1v) is 10.5. The van der Waals surface area contributed by atoms with Crippen molar-refractivity contribution in [3.05, 3.63) is 29.7 Å². The van der Waals surface area contributed by atoms with E-state index in [0.717, 1.165) is 30.9 Å². The molecule has 3 heterocycles. The van der Waals surface area contributed by atoms with E-state index in [1.54, 1.807) is 6.20 Å². The van der Waals surface area contributed by atoms with Crippen molar-refractivity contribution >= 4 is 11.8 Å². The number of aromatic nitrogens is 5. The number of hydrogen-bond acceptors (Lipinski definition) is 8. The number of nitrogens with zero attached hydrogens (tertiary/aromatic N) is 4. The zero-order valence-electron chi connectivity index (χ0n) is 17.5.